The van der Waals surface area contributed by atoms with Crippen LogP contribution in [0.2, 0.25) is 9.36 Å². The number of nitrogens with zero attached hydrogens (tertiary/aromatic N) is 3. The molecule has 1 aliphatic heterocycles. The highest BCUT2D eigenvalue weighted by Gasteiger charge is 2.34. The smallest absolute Gasteiger partial charge is 0.262 e. The maximum atomic E-state index is 13.1. The van der Waals surface area contributed by atoms with Crippen LogP contribution in [0.3, 0.4) is 0 Å². The lowest BCUT2D eigenvalue weighted by Crippen LogP contribution is -2.52. The molecule has 1 N–H and O–H groups in total. The maximum Gasteiger partial charge on any atom is 0.262 e. The Hall–Kier alpha value is -1.94. The van der Waals surface area contributed by atoms with E-state index in [0.717, 1.165) is 17.8 Å². The fraction of sp³-hybridized carbons (Fsp3) is 0.429. The molecule has 0 saturated carbocycles. The summed E-state index contributed by atoms with van der Waals surface area (Å²) in [5.41, 5.74) is -0.209. The Balaban J connectivity index is 1.42. The molecule has 0 bridgehead atoms. The van der Waals surface area contributed by atoms with E-state index in [1.165, 1.54) is 22.2 Å². The van der Waals surface area contributed by atoms with Crippen molar-refractivity contribution in [3.63, 3.8) is 0 Å². The van der Waals surface area contributed by atoms with Gasteiger partial charge in [-0.05, 0) is 42.7 Å². The molecule has 3 atom stereocenters. The Morgan fingerprint density at radius 2 is 2.09 bits per heavy atom. The average Bonchev–Trinajstić information content (AvgIpc) is 3.36. The molecule has 4 rings (SSSR count). The highest BCUT2D eigenvalue weighted by Crippen LogP contribution is 2.32. The number of carbonyl (C=O) groups excluding carboxylic acids is 2. The molecule has 0 aliphatic carbocycles. The van der Waals surface area contributed by atoms with Crippen molar-refractivity contribution in [2.75, 3.05) is 13.1 Å². The minimum atomic E-state index is -0.228. The summed E-state index contributed by atoms with van der Waals surface area (Å²) in [5, 5.41) is 5.65. The highest BCUT2D eigenvalue weighted by molar-refractivity contribution is 7.18. The molecular formula is C21H22Cl2N4O3S2. The first kappa shape index (κ1) is 23.2. The van der Waals surface area contributed by atoms with Gasteiger partial charge >= 0.3 is 0 Å². The molecule has 0 spiro atoms. The number of halogens is 2. The largest absolute Gasteiger partial charge is 0.351 e. The van der Waals surface area contributed by atoms with Crippen molar-refractivity contribution in [2.24, 2.45) is 11.8 Å². The van der Waals surface area contributed by atoms with Crippen molar-refractivity contribution in [2.45, 2.75) is 32.9 Å². The van der Waals surface area contributed by atoms with Gasteiger partial charge in [0.05, 0.1) is 21.6 Å². The highest BCUT2D eigenvalue weighted by atomic mass is 35.5. The number of amides is 2. The monoisotopic (exact) mass is 512 g/mol. The lowest BCUT2D eigenvalue weighted by atomic mass is 9.83. The second-order valence-corrected chi connectivity index (χ2v) is 11.1. The van der Waals surface area contributed by atoms with E-state index in [0.29, 0.717) is 43.5 Å². The van der Waals surface area contributed by atoms with Gasteiger partial charge in [0.1, 0.15) is 15.7 Å². The molecule has 0 aromatic carbocycles. The first-order valence-corrected chi connectivity index (χ1v) is 12.6. The lowest BCUT2D eigenvalue weighted by Gasteiger charge is -2.42. The van der Waals surface area contributed by atoms with Crippen LogP contribution in [0.15, 0.2) is 28.6 Å². The summed E-state index contributed by atoms with van der Waals surface area (Å²) in [5.74, 6) is 0.0702. The zero-order valence-electron chi connectivity index (χ0n) is 17.5. The van der Waals surface area contributed by atoms with Crippen molar-refractivity contribution >= 4 is 67.9 Å². The summed E-state index contributed by atoms with van der Waals surface area (Å²) in [6.07, 6.45) is 2.25. The lowest BCUT2D eigenvalue weighted by molar-refractivity contribution is -0.137. The second-order valence-electron chi connectivity index (χ2n) is 8.13. The summed E-state index contributed by atoms with van der Waals surface area (Å²) in [4.78, 5) is 45.4. The molecule has 0 radical (unpaired) electrons. The number of thiophene rings is 2. The number of likely N-dealkylation sites (tertiary alicyclic amines) is 1. The van der Waals surface area contributed by atoms with Gasteiger partial charge in [-0.2, -0.15) is 0 Å². The van der Waals surface area contributed by atoms with Crippen molar-refractivity contribution in [1.29, 1.82) is 0 Å². The Bertz CT molecular complexity index is 1200. The quantitative estimate of drug-likeness (QED) is 0.556. The standard InChI is InChI=1S/C21H22Cl2N4O3S2/c1-11-5-12(2)27(8-13(11)7-24-19(29)16-6-15(22)18(23)32-16)17(28)9-26-10-25-20-14(21(26)30)3-4-31-20/h3-4,6,10-13H,5,7-9H2,1-2H3,(H,24,29). The normalized spacial score (nSPS) is 21.1. The third kappa shape index (κ3) is 4.71. The van der Waals surface area contributed by atoms with Gasteiger partial charge in [0.25, 0.3) is 11.5 Å². The van der Waals surface area contributed by atoms with Crippen molar-refractivity contribution in [1.82, 2.24) is 19.8 Å². The Morgan fingerprint density at radius 3 is 2.81 bits per heavy atom. The van der Waals surface area contributed by atoms with Gasteiger partial charge in [0.2, 0.25) is 5.91 Å². The minimum Gasteiger partial charge on any atom is -0.351 e. The van der Waals surface area contributed by atoms with Crippen LogP contribution >= 0.6 is 45.9 Å². The predicted octanol–water partition coefficient (Wildman–Crippen LogP) is 4.13. The molecule has 4 heterocycles. The van der Waals surface area contributed by atoms with Crippen LogP contribution in [0.4, 0.5) is 0 Å². The van der Waals surface area contributed by atoms with E-state index in [9.17, 15) is 14.4 Å². The molecule has 3 aromatic heterocycles. The van der Waals surface area contributed by atoms with Crippen LogP contribution < -0.4 is 10.9 Å². The van der Waals surface area contributed by atoms with E-state index < -0.39 is 0 Å². The number of rotatable bonds is 5. The molecule has 11 heteroatoms. The van der Waals surface area contributed by atoms with E-state index in [-0.39, 0.29) is 35.9 Å². The first-order valence-electron chi connectivity index (χ1n) is 10.2. The summed E-state index contributed by atoms with van der Waals surface area (Å²) in [6, 6.07) is 3.34. The molecule has 32 heavy (non-hydrogen) atoms. The van der Waals surface area contributed by atoms with Crippen LogP contribution in [-0.4, -0.2) is 45.4 Å². The second kappa shape index (κ2) is 9.51. The van der Waals surface area contributed by atoms with Crippen molar-refractivity contribution < 1.29 is 9.59 Å². The molecule has 7 nitrogen and oxygen atoms in total. The van der Waals surface area contributed by atoms with Crippen LogP contribution in [-0.2, 0) is 11.3 Å². The van der Waals surface area contributed by atoms with Crippen LogP contribution in [0.5, 0.6) is 0 Å². The molecular weight excluding hydrogens is 491 g/mol. The van der Waals surface area contributed by atoms with Crippen LogP contribution in [0.1, 0.15) is 29.9 Å². The Morgan fingerprint density at radius 1 is 1.31 bits per heavy atom. The summed E-state index contributed by atoms with van der Waals surface area (Å²) < 4.78 is 1.75. The molecule has 170 valence electrons. The minimum absolute atomic E-state index is 0.0490. The molecule has 3 aromatic rings. The average molecular weight is 513 g/mol. The van der Waals surface area contributed by atoms with Crippen molar-refractivity contribution in [3.8, 4) is 0 Å². The first-order chi connectivity index (χ1) is 15.2. The van der Waals surface area contributed by atoms with Gasteiger partial charge < -0.3 is 10.2 Å². The van der Waals surface area contributed by atoms with Gasteiger partial charge in [-0.15, -0.1) is 22.7 Å². The number of carbonyl (C=O) groups is 2. The third-order valence-electron chi connectivity index (χ3n) is 5.95. The van der Waals surface area contributed by atoms with Crippen LogP contribution in [0, 0.1) is 11.8 Å². The molecule has 1 saturated heterocycles. The Kier molecular flexibility index (Phi) is 6.90. The predicted molar refractivity (Wildman–Crippen MR) is 129 cm³/mol. The van der Waals surface area contributed by atoms with Crippen LogP contribution in [0.25, 0.3) is 10.2 Å². The van der Waals surface area contributed by atoms with Gasteiger partial charge in [0, 0.05) is 19.1 Å². The van der Waals surface area contributed by atoms with Gasteiger partial charge in [0.15, 0.2) is 0 Å². The fourth-order valence-electron chi connectivity index (χ4n) is 4.10. The molecule has 1 fully saturated rings. The number of hydrogen-bond donors (Lipinski definition) is 1. The number of hydrogen-bond acceptors (Lipinski definition) is 6. The summed E-state index contributed by atoms with van der Waals surface area (Å²) >= 11 is 14.4. The maximum absolute atomic E-state index is 13.1. The SMILES string of the molecule is CC1CC(C)N(C(=O)Cn2cnc3sccc3c2=O)CC1CNC(=O)c1cc(Cl)c(Cl)s1. The molecule has 1 aliphatic rings. The number of fused-ring (bicyclic) bond motifs is 1. The van der Waals surface area contributed by atoms with Gasteiger partial charge in [-0.25, -0.2) is 4.98 Å². The van der Waals surface area contributed by atoms with E-state index in [4.69, 9.17) is 23.2 Å². The summed E-state index contributed by atoms with van der Waals surface area (Å²) in [7, 11) is 0. The van der Waals surface area contributed by atoms with E-state index in [1.807, 2.05) is 12.3 Å². The zero-order chi connectivity index (χ0) is 23.0. The summed E-state index contributed by atoms with van der Waals surface area (Å²) in [6.45, 7) is 5.04. The van der Waals surface area contributed by atoms with Crippen molar-refractivity contribution in [3.05, 3.63) is 48.4 Å². The van der Waals surface area contributed by atoms with E-state index >= 15 is 0 Å². The molecule has 3 unspecified atom stereocenters. The van der Waals surface area contributed by atoms with Gasteiger partial charge in [-0.3, -0.25) is 19.0 Å². The number of nitrogens with one attached hydrogen (secondary N) is 1. The molecule has 2 amide bonds. The van der Waals surface area contributed by atoms with Gasteiger partial charge in [-0.1, -0.05) is 30.1 Å². The number of aromatic nitrogens is 2. The van der Waals surface area contributed by atoms with E-state index in [2.05, 4.69) is 17.2 Å². The topological polar surface area (TPSA) is 84.3 Å². The fourth-order valence-corrected chi connectivity index (χ4v) is 6.10. The zero-order valence-corrected chi connectivity index (χ0v) is 20.7. The Labute approximate surface area is 203 Å². The van der Waals surface area contributed by atoms with E-state index in [1.54, 1.807) is 17.0 Å². The third-order valence-corrected chi connectivity index (χ3v) is 8.64. The number of piperidine rings is 1.